The molecule has 1 fully saturated rings. The van der Waals surface area contributed by atoms with Crippen molar-refractivity contribution in [3.8, 4) is 0 Å². The zero-order valence-corrected chi connectivity index (χ0v) is 18.2. The van der Waals surface area contributed by atoms with Gasteiger partial charge in [0.2, 0.25) is 0 Å². The maximum Gasteiger partial charge on any atom is 0.0402 e. The van der Waals surface area contributed by atoms with Crippen molar-refractivity contribution >= 4 is 17.1 Å². The molecule has 2 aliphatic heterocycles. The third-order valence-electron chi connectivity index (χ3n) is 7.89. The van der Waals surface area contributed by atoms with Gasteiger partial charge in [-0.15, -0.1) is 0 Å². The molecule has 29 heavy (non-hydrogen) atoms. The molecule has 0 aromatic heterocycles. The second kappa shape index (κ2) is 6.77. The highest BCUT2D eigenvalue weighted by Gasteiger charge is 2.47. The smallest absolute Gasteiger partial charge is 0.0402 e. The van der Waals surface area contributed by atoms with Crippen molar-refractivity contribution in [3.63, 3.8) is 0 Å². The van der Waals surface area contributed by atoms with Crippen molar-refractivity contribution in [2.45, 2.75) is 83.1 Å². The maximum atomic E-state index is 13.7. The lowest BCUT2D eigenvalue weighted by molar-refractivity contribution is 0.289. The fraction of sp³-hybridized carbons (Fsp3) is 0.538. The lowest BCUT2D eigenvalue weighted by atomic mass is 9.67. The Morgan fingerprint density at radius 1 is 1.14 bits per heavy atom. The quantitative estimate of drug-likeness (QED) is 0.601. The zero-order chi connectivity index (χ0) is 20.3. The molecule has 0 radical (unpaired) electrons. The summed E-state index contributed by atoms with van der Waals surface area (Å²) in [6.45, 7) is 9.27. The molecule has 2 aromatic rings. The lowest BCUT2D eigenvalue weighted by Gasteiger charge is -2.38. The molecule has 0 bridgehead atoms. The summed E-state index contributed by atoms with van der Waals surface area (Å²) in [6.07, 6.45) is 5.93. The lowest BCUT2D eigenvalue weighted by Crippen LogP contribution is -2.36. The summed E-state index contributed by atoms with van der Waals surface area (Å²) in [5, 5.41) is 18.8. The van der Waals surface area contributed by atoms with Gasteiger partial charge in [-0.2, -0.15) is 0 Å². The van der Waals surface area contributed by atoms with Crippen molar-refractivity contribution < 1.29 is 0 Å². The first kappa shape index (κ1) is 19.0. The number of benzene rings is 2. The third-order valence-corrected chi connectivity index (χ3v) is 7.89. The molecule has 2 heterocycles. The number of anilines is 3. The van der Waals surface area contributed by atoms with E-state index in [0.29, 0.717) is 23.8 Å². The Balaban J connectivity index is 1.72. The SMILES string of the molecule is CCCCC(C)(C)c1cc2c3c(c1)N([O-])c1ccccc1C1CCC(C)C(N2)C31. The van der Waals surface area contributed by atoms with Gasteiger partial charge in [0.25, 0.3) is 0 Å². The largest absolute Gasteiger partial charge is 0.754 e. The number of rotatable bonds is 4. The number of unbranched alkanes of at least 4 members (excludes halogenated alkanes) is 1. The van der Waals surface area contributed by atoms with Crippen LogP contribution in [0.3, 0.4) is 0 Å². The van der Waals surface area contributed by atoms with Crippen LogP contribution in [0.1, 0.15) is 88.3 Å². The van der Waals surface area contributed by atoms with Crippen molar-refractivity contribution in [2.75, 3.05) is 10.4 Å². The molecule has 1 aliphatic carbocycles. The van der Waals surface area contributed by atoms with Gasteiger partial charge >= 0.3 is 0 Å². The van der Waals surface area contributed by atoms with E-state index in [1.54, 1.807) is 0 Å². The predicted octanol–water partition coefficient (Wildman–Crippen LogP) is 7.20. The Bertz CT molecular complexity index is 934. The van der Waals surface area contributed by atoms with Crippen LogP contribution >= 0.6 is 0 Å². The number of hydrogen-bond donors (Lipinski definition) is 1. The molecule has 5 rings (SSSR count). The van der Waals surface area contributed by atoms with Crippen molar-refractivity contribution in [3.05, 3.63) is 58.3 Å². The monoisotopic (exact) mass is 389 g/mol. The molecule has 4 unspecified atom stereocenters. The molecule has 3 aliphatic rings. The first-order chi connectivity index (χ1) is 13.9. The molecule has 4 atom stereocenters. The van der Waals surface area contributed by atoms with E-state index >= 15 is 0 Å². The van der Waals surface area contributed by atoms with Gasteiger partial charge in [0.15, 0.2) is 0 Å². The van der Waals surface area contributed by atoms with E-state index in [1.165, 1.54) is 46.7 Å². The highest BCUT2D eigenvalue weighted by atomic mass is 16.5. The molecule has 0 spiro atoms. The summed E-state index contributed by atoms with van der Waals surface area (Å²) < 4.78 is 0. The van der Waals surface area contributed by atoms with Crippen molar-refractivity contribution in [2.24, 2.45) is 5.92 Å². The summed E-state index contributed by atoms with van der Waals surface area (Å²) in [5.74, 6) is 1.45. The minimum absolute atomic E-state index is 0.0641. The number of fused-ring (bicyclic) bond motifs is 2. The molecule has 3 heteroatoms. The highest BCUT2D eigenvalue weighted by molar-refractivity contribution is 5.82. The predicted molar refractivity (Wildman–Crippen MR) is 122 cm³/mol. The molecular formula is C26H33N2O-. The molecule has 3 nitrogen and oxygen atoms in total. The van der Waals surface area contributed by atoms with Gasteiger partial charge in [-0.1, -0.05) is 58.7 Å². The van der Waals surface area contributed by atoms with Crippen molar-refractivity contribution in [1.82, 2.24) is 0 Å². The second-order valence-electron chi connectivity index (χ2n) is 10.2. The summed E-state index contributed by atoms with van der Waals surface area (Å²) in [6, 6.07) is 13.3. The minimum atomic E-state index is 0.0641. The number of nitrogens with zero attached hydrogens (tertiary/aromatic N) is 1. The molecule has 0 amide bonds. The fourth-order valence-corrected chi connectivity index (χ4v) is 6.09. The molecule has 154 valence electrons. The summed E-state index contributed by atoms with van der Waals surface area (Å²) >= 11 is 0. The van der Waals surface area contributed by atoms with Gasteiger partial charge in [-0.25, -0.2) is 0 Å². The van der Waals surface area contributed by atoms with Crippen LogP contribution in [0.25, 0.3) is 0 Å². The van der Waals surface area contributed by atoms with E-state index in [2.05, 4.69) is 57.3 Å². The van der Waals surface area contributed by atoms with E-state index in [9.17, 15) is 5.21 Å². The van der Waals surface area contributed by atoms with E-state index in [4.69, 9.17) is 0 Å². The third kappa shape index (κ3) is 2.81. The van der Waals surface area contributed by atoms with Crippen LogP contribution in [0.2, 0.25) is 0 Å². The van der Waals surface area contributed by atoms with Gasteiger partial charge in [0, 0.05) is 34.6 Å². The molecule has 2 aromatic carbocycles. The van der Waals surface area contributed by atoms with Crippen LogP contribution < -0.4 is 10.4 Å². The van der Waals surface area contributed by atoms with Gasteiger partial charge in [-0.05, 0) is 65.8 Å². The van der Waals surface area contributed by atoms with Gasteiger partial charge in [0.1, 0.15) is 0 Å². The van der Waals surface area contributed by atoms with Crippen LogP contribution in [-0.4, -0.2) is 6.04 Å². The Morgan fingerprint density at radius 2 is 1.93 bits per heavy atom. The Labute approximate surface area is 175 Å². The van der Waals surface area contributed by atoms with E-state index < -0.39 is 0 Å². The molecule has 1 N–H and O–H groups in total. The van der Waals surface area contributed by atoms with Crippen molar-refractivity contribution in [1.29, 1.82) is 0 Å². The van der Waals surface area contributed by atoms with Crippen LogP contribution in [0.4, 0.5) is 17.1 Å². The van der Waals surface area contributed by atoms with Gasteiger partial charge in [-0.3, -0.25) is 0 Å². The number of nitrogens with one attached hydrogen (secondary N) is 1. The molecule has 1 saturated carbocycles. The van der Waals surface area contributed by atoms with Crippen LogP contribution in [0, 0.1) is 11.1 Å². The first-order valence-electron chi connectivity index (χ1n) is 11.4. The summed E-state index contributed by atoms with van der Waals surface area (Å²) in [5.41, 5.74) is 6.81. The van der Waals surface area contributed by atoms with Gasteiger partial charge < -0.3 is 15.6 Å². The Hall–Kier alpha value is -2.00. The molecule has 0 saturated heterocycles. The van der Waals surface area contributed by atoms with Crippen LogP contribution in [0.15, 0.2) is 36.4 Å². The number of hydrogen-bond acceptors (Lipinski definition) is 3. The minimum Gasteiger partial charge on any atom is -0.754 e. The van der Waals surface area contributed by atoms with Gasteiger partial charge in [0.05, 0.1) is 0 Å². The molecular weight excluding hydrogens is 356 g/mol. The average Bonchev–Trinajstić information content (AvgIpc) is 3.07. The van der Waals surface area contributed by atoms with E-state index in [-0.39, 0.29) is 5.41 Å². The highest BCUT2D eigenvalue weighted by Crippen LogP contribution is 2.60. The Morgan fingerprint density at radius 3 is 2.72 bits per heavy atom. The van der Waals surface area contributed by atoms with Crippen LogP contribution in [-0.2, 0) is 5.41 Å². The topological polar surface area (TPSA) is 38.3 Å². The first-order valence-corrected chi connectivity index (χ1v) is 11.4. The second-order valence-corrected chi connectivity index (χ2v) is 10.2. The zero-order valence-electron chi connectivity index (χ0n) is 18.2. The average molecular weight is 390 g/mol. The van der Waals surface area contributed by atoms with Crippen LogP contribution in [0.5, 0.6) is 0 Å². The fourth-order valence-electron chi connectivity index (χ4n) is 6.09. The van der Waals surface area contributed by atoms with E-state index in [1.807, 2.05) is 12.1 Å². The maximum absolute atomic E-state index is 13.7. The Kier molecular flexibility index (Phi) is 4.43. The normalized spacial score (nSPS) is 27.1. The van der Waals surface area contributed by atoms with E-state index in [0.717, 1.165) is 24.2 Å². The standard InChI is InChI=1S/C26H33N2O/c1-5-6-13-26(3,4)17-14-20-24-22(15-17)28(29)21-10-8-7-9-18(21)19-12-11-16(2)25(27-20)23(19)24/h7-10,14-16,19,23,25,27H,5-6,11-13H2,1-4H3/q-1. The summed E-state index contributed by atoms with van der Waals surface area (Å²) in [7, 11) is 0. The summed E-state index contributed by atoms with van der Waals surface area (Å²) in [4.78, 5) is 0. The number of para-hydroxylation sites is 1.